The number of urea groups is 1. The molecule has 0 heterocycles. The first-order valence-electron chi connectivity index (χ1n) is 7.74. The number of hydrogen-bond acceptors (Lipinski definition) is 3. The smallest absolute Gasteiger partial charge is 0.319 e. The molecule has 0 fully saturated rings. The Hall–Kier alpha value is -2.86. The van der Waals surface area contributed by atoms with E-state index in [0.717, 1.165) is 5.56 Å². The Morgan fingerprint density at radius 3 is 2.21 bits per heavy atom. The van der Waals surface area contributed by atoms with Gasteiger partial charge in [0.2, 0.25) is 5.91 Å². The summed E-state index contributed by atoms with van der Waals surface area (Å²) < 4.78 is 0. The highest BCUT2D eigenvalue weighted by atomic mass is 16.3. The normalized spacial score (nSPS) is 11.4. The van der Waals surface area contributed by atoms with Crippen LogP contribution in [-0.4, -0.2) is 30.2 Å². The van der Waals surface area contributed by atoms with Crippen molar-refractivity contribution in [3.63, 3.8) is 0 Å². The largest absolute Gasteiger partial charge is 0.394 e. The monoisotopic (exact) mass is 327 g/mol. The molecule has 0 aromatic heterocycles. The molecule has 6 heteroatoms. The highest BCUT2D eigenvalue weighted by Crippen LogP contribution is 2.11. The van der Waals surface area contributed by atoms with Crippen LogP contribution in [0, 0.1) is 0 Å². The predicted molar refractivity (Wildman–Crippen MR) is 92.5 cm³/mol. The van der Waals surface area contributed by atoms with E-state index in [-0.39, 0.29) is 31.5 Å². The Labute approximate surface area is 140 Å². The summed E-state index contributed by atoms with van der Waals surface area (Å²) in [7, 11) is 0. The van der Waals surface area contributed by atoms with Gasteiger partial charge in [0.1, 0.15) is 0 Å². The van der Waals surface area contributed by atoms with E-state index in [1.807, 2.05) is 48.5 Å². The number of aliphatic hydroxyl groups excluding tert-OH is 1. The number of carbonyl (C=O) groups excluding carboxylic acids is 2. The van der Waals surface area contributed by atoms with Gasteiger partial charge in [0.05, 0.1) is 12.6 Å². The molecule has 0 aliphatic rings. The maximum atomic E-state index is 11.9. The van der Waals surface area contributed by atoms with E-state index in [9.17, 15) is 14.7 Å². The Kier molecular flexibility index (Phi) is 6.79. The van der Waals surface area contributed by atoms with Crippen molar-refractivity contribution in [1.82, 2.24) is 10.6 Å². The van der Waals surface area contributed by atoms with Crippen LogP contribution in [-0.2, 0) is 4.79 Å². The third kappa shape index (κ3) is 5.73. The number of para-hydroxylation sites is 1. The fourth-order valence-electron chi connectivity index (χ4n) is 2.17. The zero-order valence-electron chi connectivity index (χ0n) is 13.2. The highest BCUT2D eigenvalue weighted by Gasteiger charge is 2.13. The molecule has 0 aliphatic carbocycles. The van der Waals surface area contributed by atoms with Crippen LogP contribution in [0.25, 0.3) is 0 Å². The summed E-state index contributed by atoms with van der Waals surface area (Å²) in [6.45, 7) is 0.0229. The van der Waals surface area contributed by atoms with Crippen LogP contribution >= 0.6 is 0 Å². The van der Waals surface area contributed by atoms with Crippen molar-refractivity contribution in [2.45, 2.75) is 12.5 Å². The van der Waals surface area contributed by atoms with Crippen LogP contribution in [0.2, 0.25) is 0 Å². The number of amides is 3. The molecule has 3 amide bonds. The number of benzene rings is 2. The third-order valence-corrected chi connectivity index (χ3v) is 3.39. The van der Waals surface area contributed by atoms with E-state index in [1.165, 1.54) is 0 Å². The zero-order chi connectivity index (χ0) is 17.2. The lowest BCUT2D eigenvalue weighted by atomic mass is 10.1. The minimum Gasteiger partial charge on any atom is -0.394 e. The van der Waals surface area contributed by atoms with Gasteiger partial charge < -0.3 is 21.1 Å². The Morgan fingerprint density at radius 2 is 1.58 bits per heavy atom. The third-order valence-electron chi connectivity index (χ3n) is 3.39. The van der Waals surface area contributed by atoms with E-state index in [4.69, 9.17) is 0 Å². The van der Waals surface area contributed by atoms with E-state index in [2.05, 4.69) is 16.0 Å². The topological polar surface area (TPSA) is 90.5 Å². The standard InChI is InChI=1S/C18H21N3O3/c22-13-16(14-7-3-1-4-8-14)21-17(23)11-12-19-18(24)20-15-9-5-2-6-10-15/h1-10,16,22H,11-13H2,(H,21,23)(H2,19,20,24)/t16-/m0/s1. The first-order chi connectivity index (χ1) is 11.7. The Bertz CT molecular complexity index is 647. The summed E-state index contributed by atoms with van der Waals surface area (Å²) >= 11 is 0. The van der Waals surface area contributed by atoms with Crippen molar-refractivity contribution >= 4 is 17.6 Å². The molecule has 6 nitrogen and oxygen atoms in total. The molecule has 0 radical (unpaired) electrons. The molecular formula is C18H21N3O3. The SMILES string of the molecule is O=C(CCNC(=O)Nc1ccccc1)N[C@@H](CO)c1ccccc1. The molecule has 126 valence electrons. The average molecular weight is 327 g/mol. The molecular weight excluding hydrogens is 306 g/mol. The molecule has 1 atom stereocenters. The van der Waals surface area contributed by atoms with E-state index in [0.29, 0.717) is 5.69 Å². The maximum Gasteiger partial charge on any atom is 0.319 e. The van der Waals surface area contributed by atoms with Gasteiger partial charge in [-0.15, -0.1) is 0 Å². The summed E-state index contributed by atoms with van der Waals surface area (Å²) in [4.78, 5) is 23.6. The Balaban J connectivity index is 1.72. The van der Waals surface area contributed by atoms with Crippen LogP contribution in [0.3, 0.4) is 0 Å². The fourth-order valence-corrected chi connectivity index (χ4v) is 2.17. The van der Waals surface area contributed by atoms with Crippen molar-refractivity contribution in [2.75, 3.05) is 18.5 Å². The van der Waals surface area contributed by atoms with E-state index >= 15 is 0 Å². The van der Waals surface area contributed by atoms with Gasteiger partial charge in [-0.25, -0.2) is 4.79 Å². The van der Waals surface area contributed by atoms with Gasteiger partial charge in [0.15, 0.2) is 0 Å². The lowest BCUT2D eigenvalue weighted by Crippen LogP contribution is -2.35. The number of anilines is 1. The van der Waals surface area contributed by atoms with Gasteiger partial charge in [0, 0.05) is 18.7 Å². The zero-order valence-corrected chi connectivity index (χ0v) is 13.2. The van der Waals surface area contributed by atoms with E-state index in [1.54, 1.807) is 12.1 Å². The maximum absolute atomic E-state index is 11.9. The van der Waals surface area contributed by atoms with Crippen LogP contribution in [0.5, 0.6) is 0 Å². The molecule has 2 aromatic rings. The second-order valence-corrected chi connectivity index (χ2v) is 5.21. The minimum absolute atomic E-state index is 0.130. The summed E-state index contributed by atoms with van der Waals surface area (Å²) in [5.74, 6) is -0.238. The van der Waals surface area contributed by atoms with E-state index < -0.39 is 6.04 Å². The molecule has 4 N–H and O–H groups in total. The number of aliphatic hydroxyl groups is 1. The van der Waals surface area contributed by atoms with Crippen LogP contribution in [0.1, 0.15) is 18.0 Å². The Morgan fingerprint density at radius 1 is 0.958 bits per heavy atom. The molecule has 0 spiro atoms. The van der Waals surface area contributed by atoms with Crippen LogP contribution in [0.15, 0.2) is 60.7 Å². The second kappa shape index (κ2) is 9.32. The number of carbonyl (C=O) groups is 2. The lowest BCUT2D eigenvalue weighted by molar-refractivity contribution is -0.122. The first kappa shape index (κ1) is 17.5. The van der Waals surface area contributed by atoms with Gasteiger partial charge in [-0.2, -0.15) is 0 Å². The molecule has 24 heavy (non-hydrogen) atoms. The number of nitrogens with one attached hydrogen (secondary N) is 3. The number of rotatable bonds is 7. The summed E-state index contributed by atoms with van der Waals surface area (Å²) in [5.41, 5.74) is 1.52. The molecule has 0 bridgehead atoms. The van der Waals surface area contributed by atoms with Gasteiger partial charge >= 0.3 is 6.03 Å². The predicted octanol–water partition coefficient (Wildman–Crippen LogP) is 2.05. The van der Waals surface area contributed by atoms with Gasteiger partial charge in [-0.3, -0.25) is 4.79 Å². The van der Waals surface area contributed by atoms with Crippen LogP contribution < -0.4 is 16.0 Å². The first-order valence-corrected chi connectivity index (χ1v) is 7.74. The van der Waals surface area contributed by atoms with Gasteiger partial charge in [0.25, 0.3) is 0 Å². The molecule has 0 aliphatic heterocycles. The molecule has 0 saturated carbocycles. The second-order valence-electron chi connectivity index (χ2n) is 5.21. The quantitative estimate of drug-likeness (QED) is 0.627. The fraction of sp³-hybridized carbons (Fsp3) is 0.222. The van der Waals surface area contributed by atoms with Crippen molar-refractivity contribution in [1.29, 1.82) is 0 Å². The number of hydrogen-bond donors (Lipinski definition) is 4. The molecule has 0 unspecified atom stereocenters. The average Bonchev–Trinajstić information content (AvgIpc) is 2.61. The highest BCUT2D eigenvalue weighted by molar-refractivity contribution is 5.89. The van der Waals surface area contributed by atoms with Crippen LogP contribution in [0.4, 0.5) is 10.5 Å². The van der Waals surface area contributed by atoms with Crippen molar-refractivity contribution in [2.24, 2.45) is 0 Å². The lowest BCUT2D eigenvalue weighted by Gasteiger charge is -2.16. The van der Waals surface area contributed by atoms with Gasteiger partial charge in [-0.05, 0) is 17.7 Å². The van der Waals surface area contributed by atoms with Crippen molar-refractivity contribution < 1.29 is 14.7 Å². The summed E-state index contributed by atoms with van der Waals surface area (Å²) in [6, 6.07) is 17.5. The summed E-state index contributed by atoms with van der Waals surface area (Å²) in [5, 5.41) is 17.4. The van der Waals surface area contributed by atoms with Crippen molar-refractivity contribution in [3.8, 4) is 0 Å². The van der Waals surface area contributed by atoms with Gasteiger partial charge in [-0.1, -0.05) is 48.5 Å². The molecule has 2 aromatic carbocycles. The minimum atomic E-state index is -0.447. The summed E-state index contributed by atoms with van der Waals surface area (Å²) in [6.07, 6.45) is 0.130. The van der Waals surface area contributed by atoms with Crippen molar-refractivity contribution in [3.05, 3.63) is 66.2 Å². The molecule has 2 rings (SSSR count). The molecule has 0 saturated heterocycles.